The van der Waals surface area contributed by atoms with Gasteiger partial charge in [0.1, 0.15) is 0 Å². The number of nitrogens with one attached hydrogen (secondary N) is 1. The highest BCUT2D eigenvalue weighted by molar-refractivity contribution is 5.96. The first-order valence-electron chi connectivity index (χ1n) is 11.2. The van der Waals surface area contributed by atoms with Crippen molar-refractivity contribution in [2.24, 2.45) is 10.9 Å². The summed E-state index contributed by atoms with van der Waals surface area (Å²) in [5.41, 5.74) is 4.71. The molecule has 3 aromatic rings. The van der Waals surface area contributed by atoms with Gasteiger partial charge in [0, 0.05) is 48.9 Å². The van der Waals surface area contributed by atoms with E-state index in [0.29, 0.717) is 32.1 Å². The fraction of sp³-hybridized carbons (Fsp3) is 0.478. The Labute approximate surface area is 189 Å². The molecule has 10 heteroatoms. The van der Waals surface area contributed by atoms with Gasteiger partial charge in [0.2, 0.25) is 12.4 Å². The maximum atomic E-state index is 12.8. The van der Waals surface area contributed by atoms with E-state index < -0.39 is 12.5 Å². The highest BCUT2D eigenvalue weighted by atomic mass is 19.3. The molecule has 5 heterocycles. The standard InChI is InChI=1S/C23H26F2N6O2/c1-13-15(2-5-21(24)25)22-18(28-13)4-3-17(29-22)16-6-8-31-19(16)11-27-23(30-31)26-10-14-7-9-33-12-20(14)32/h3-4,6,8,11,14-15,20-21,32H,2,5,7,9-10,12H2,1H3,(H,26,30)/t14?,15?,20-/m1/s1. The van der Waals surface area contributed by atoms with Gasteiger partial charge in [-0.25, -0.2) is 23.3 Å². The number of aliphatic imine (C=N–C) groups is 1. The number of aliphatic hydroxyl groups excluding tert-OH is 1. The van der Waals surface area contributed by atoms with Crippen LogP contribution in [0, 0.1) is 5.92 Å². The topological polar surface area (TPSA) is 96.9 Å². The zero-order valence-corrected chi connectivity index (χ0v) is 18.3. The fourth-order valence-electron chi connectivity index (χ4n) is 4.50. The van der Waals surface area contributed by atoms with E-state index in [1.807, 2.05) is 31.3 Å². The number of halogens is 2. The quantitative estimate of drug-likeness (QED) is 0.561. The molecule has 0 bridgehead atoms. The zero-order valence-electron chi connectivity index (χ0n) is 18.3. The lowest BCUT2D eigenvalue weighted by atomic mass is 9.95. The van der Waals surface area contributed by atoms with Crippen LogP contribution in [0.5, 0.6) is 0 Å². The Hall–Kier alpha value is -2.98. The van der Waals surface area contributed by atoms with E-state index in [9.17, 15) is 13.9 Å². The number of rotatable bonds is 7. The summed E-state index contributed by atoms with van der Waals surface area (Å²) in [5.74, 6) is 0.384. The molecule has 1 fully saturated rings. The van der Waals surface area contributed by atoms with Gasteiger partial charge in [0.25, 0.3) is 0 Å². The summed E-state index contributed by atoms with van der Waals surface area (Å²) in [6.45, 7) is 3.43. The lowest BCUT2D eigenvalue weighted by molar-refractivity contribution is -0.0396. The van der Waals surface area contributed by atoms with Crippen LogP contribution in [0.3, 0.4) is 0 Å². The summed E-state index contributed by atoms with van der Waals surface area (Å²) in [7, 11) is 0. The molecular weight excluding hydrogens is 430 g/mol. The summed E-state index contributed by atoms with van der Waals surface area (Å²) in [4.78, 5) is 13.8. The van der Waals surface area contributed by atoms with Gasteiger partial charge >= 0.3 is 0 Å². The molecule has 2 unspecified atom stereocenters. The molecule has 174 valence electrons. The number of nitrogens with zero attached hydrogens (tertiary/aromatic N) is 5. The molecule has 0 spiro atoms. The molecule has 1 saturated heterocycles. The lowest BCUT2D eigenvalue weighted by Crippen LogP contribution is -2.36. The molecule has 33 heavy (non-hydrogen) atoms. The first-order valence-corrected chi connectivity index (χ1v) is 11.2. The van der Waals surface area contributed by atoms with Gasteiger partial charge in [-0.2, -0.15) is 0 Å². The van der Waals surface area contributed by atoms with Gasteiger partial charge in [-0.3, -0.25) is 4.99 Å². The number of alkyl halides is 2. The third-order valence-electron chi connectivity index (χ3n) is 6.39. The van der Waals surface area contributed by atoms with Gasteiger partial charge in [0.05, 0.1) is 41.5 Å². The predicted molar refractivity (Wildman–Crippen MR) is 120 cm³/mol. The maximum Gasteiger partial charge on any atom is 0.241 e. The van der Waals surface area contributed by atoms with E-state index in [1.165, 1.54) is 0 Å². The second kappa shape index (κ2) is 9.11. The first-order chi connectivity index (χ1) is 16.0. The van der Waals surface area contributed by atoms with Crippen molar-refractivity contribution in [3.63, 3.8) is 0 Å². The van der Waals surface area contributed by atoms with Gasteiger partial charge in [-0.1, -0.05) is 0 Å². The average Bonchev–Trinajstić information content (AvgIpc) is 3.36. The van der Waals surface area contributed by atoms with Crippen LogP contribution in [-0.4, -0.2) is 62.7 Å². The van der Waals surface area contributed by atoms with Crippen molar-refractivity contribution in [1.29, 1.82) is 0 Å². The third kappa shape index (κ3) is 4.45. The minimum atomic E-state index is -2.34. The van der Waals surface area contributed by atoms with Crippen LogP contribution in [0.25, 0.3) is 16.8 Å². The Morgan fingerprint density at radius 3 is 3.00 bits per heavy atom. The molecule has 0 saturated carbocycles. The second-order valence-corrected chi connectivity index (χ2v) is 8.59. The van der Waals surface area contributed by atoms with Crippen molar-refractivity contribution in [1.82, 2.24) is 19.6 Å². The maximum absolute atomic E-state index is 12.8. The van der Waals surface area contributed by atoms with Crippen molar-refractivity contribution in [3.05, 3.63) is 36.3 Å². The van der Waals surface area contributed by atoms with E-state index in [1.54, 1.807) is 10.7 Å². The zero-order chi connectivity index (χ0) is 22.9. The normalized spacial score (nSPS) is 22.6. The monoisotopic (exact) mass is 456 g/mol. The number of aliphatic hydroxyl groups is 1. The Kier molecular flexibility index (Phi) is 6.03. The van der Waals surface area contributed by atoms with E-state index >= 15 is 0 Å². The number of fused-ring (bicyclic) bond motifs is 2. The molecule has 2 N–H and O–H groups in total. The smallest absolute Gasteiger partial charge is 0.241 e. The van der Waals surface area contributed by atoms with Crippen LogP contribution in [0.2, 0.25) is 0 Å². The van der Waals surface area contributed by atoms with Crippen molar-refractivity contribution in [2.45, 2.75) is 44.6 Å². The van der Waals surface area contributed by atoms with E-state index in [-0.39, 0.29) is 18.3 Å². The van der Waals surface area contributed by atoms with Gasteiger partial charge in [-0.05, 0) is 38.0 Å². The third-order valence-corrected chi connectivity index (χ3v) is 6.39. The number of hydrogen-bond acceptors (Lipinski definition) is 7. The van der Waals surface area contributed by atoms with E-state index in [0.717, 1.165) is 40.3 Å². The largest absolute Gasteiger partial charge is 0.390 e. The van der Waals surface area contributed by atoms with Crippen molar-refractivity contribution in [2.75, 3.05) is 25.1 Å². The van der Waals surface area contributed by atoms with Gasteiger partial charge in [0.15, 0.2) is 0 Å². The Morgan fingerprint density at radius 2 is 2.18 bits per heavy atom. The van der Waals surface area contributed by atoms with Crippen LogP contribution in [0.15, 0.2) is 35.6 Å². The number of pyridine rings is 1. The number of hydrogen-bond donors (Lipinski definition) is 2. The molecule has 0 radical (unpaired) electrons. The molecular formula is C23H26F2N6O2. The molecule has 3 aromatic heterocycles. The predicted octanol–water partition coefficient (Wildman–Crippen LogP) is 3.84. The second-order valence-electron chi connectivity index (χ2n) is 8.59. The molecule has 3 atom stereocenters. The van der Waals surface area contributed by atoms with E-state index in [2.05, 4.69) is 20.4 Å². The molecule has 2 aliphatic rings. The summed E-state index contributed by atoms with van der Waals surface area (Å²) in [6, 6.07) is 5.70. The van der Waals surface area contributed by atoms with Crippen molar-refractivity contribution < 1.29 is 18.6 Å². The fourth-order valence-corrected chi connectivity index (χ4v) is 4.50. The summed E-state index contributed by atoms with van der Waals surface area (Å²) < 4.78 is 32.6. The highest BCUT2D eigenvalue weighted by Gasteiger charge is 2.28. The Morgan fingerprint density at radius 1 is 1.30 bits per heavy atom. The summed E-state index contributed by atoms with van der Waals surface area (Å²) >= 11 is 0. The SMILES string of the molecule is CC1=Nc2ccc(-c3ccn4nc(NCC5CCOC[C@H]5O)ncc34)nc2C1CCC(F)F. The molecule has 0 aliphatic carbocycles. The lowest BCUT2D eigenvalue weighted by Gasteiger charge is -2.27. The Bertz CT molecular complexity index is 1180. The molecule has 5 rings (SSSR count). The van der Waals surface area contributed by atoms with Crippen molar-refractivity contribution >= 4 is 22.9 Å². The Balaban J connectivity index is 1.35. The molecule has 0 aromatic carbocycles. The number of ether oxygens (including phenoxy) is 1. The van der Waals surface area contributed by atoms with E-state index in [4.69, 9.17) is 9.72 Å². The summed E-state index contributed by atoms with van der Waals surface area (Å²) in [5, 5.41) is 17.8. The minimum absolute atomic E-state index is 0.0950. The van der Waals surface area contributed by atoms with Crippen LogP contribution >= 0.6 is 0 Å². The van der Waals surface area contributed by atoms with Gasteiger partial charge in [-0.15, -0.1) is 5.10 Å². The highest BCUT2D eigenvalue weighted by Crippen LogP contribution is 2.39. The number of anilines is 1. The van der Waals surface area contributed by atoms with Crippen LogP contribution in [0.4, 0.5) is 20.4 Å². The van der Waals surface area contributed by atoms with Crippen molar-refractivity contribution in [3.8, 4) is 11.3 Å². The first kappa shape index (κ1) is 21.8. The van der Waals surface area contributed by atoms with Crippen LogP contribution in [0.1, 0.15) is 37.8 Å². The molecule has 2 aliphatic heterocycles. The minimum Gasteiger partial charge on any atom is -0.390 e. The molecule has 8 nitrogen and oxygen atoms in total. The van der Waals surface area contributed by atoms with Crippen LogP contribution < -0.4 is 5.32 Å². The average molecular weight is 456 g/mol. The molecule has 0 amide bonds. The van der Waals surface area contributed by atoms with Gasteiger partial charge < -0.3 is 15.2 Å². The summed E-state index contributed by atoms with van der Waals surface area (Å²) in [6.07, 6.45) is 1.68. The van der Waals surface area contributed by atoms with Crippen LogP contribution in [-0.2, 0) is 4.74 Å². The number of aromatic nitrogens is 4.